The topological polar surface area (TPSA) is 24.5 Å². The maximum absolute atomic E-state index is 5.11. The Morgan fingerprint density at radius 2 is 2.40 bits per heavy atom. The Hall–Kier alpha value is -0.380. The second kappa shape index (κ2) is 7.85. The Labute approximate surface area is 93.5 Å². The summed E-state index contributed by atoms with van der Waals surface area (Å²) in [5.74, 6) is 0. The van der Waals surface area contributed by atoms with E-state index in [1.165, 1.54) is 25.8 Å². The summed E-state index contributed by atoms with van der Waals surface area (Å²) in [6.07, 6.45) is 5.97. The van der Waals surface area contributed by atoms with Gasteiger partial charge in [-0.05, 0) is 19.4 Å². The van der Waals surface area contributed by atoms with Crippen molar-refractivity contribution in [2.45, 2.75) is 25.3 Å². The minimum atomic E-state index is 0.663. The summed E-state index contributed by atoms with van der Waals surface area (Å²) in [6, 6.07) is 0.663. The van der Waals surface area contributed by atoms with Gasteiger partial charge in [0, 0.05) is 32.8 Å². The molecule has 3 nitrogen and oxygen atoms in total. The maximum Gasteiger partial charge on any atom is 0.0589 e. The molecule has 0 bridgehead atoms. The number of piperidine rings is 1. The van der Waals surface area contributed by atoms with Crippen LogP contribution < -0.4 is 5.32 Å². The van der Waals surface area contributed by atoms with Gasteiger partial charge in [0.2, 0.25) is 0 Å². The highest BCUT2D eigenvalue weighted by atomic mass is 16.5. The highest BCUT2D eigenvalue weighted by Gasteiger charge is 2.15. The van der Waals surface area contributed by atoms with Crippen molar-refractivity contribution in [2.24, 2.45) is 0 Å². The average molecular weight is 212 g/mol. The molecule has 0 aromatic carbocycles. The van der Waals surface area contributed by atoms with Gasteiger partial charge >= 0.3 is 0 Å². The molecule has 1 aliphatic rings. The van der Waals surface area contributed by atoms with E-state index in [0.717, 1.165) is 26.2 Å². The molecular formula is C12H24N2O. The normalized spacial score (nSPS) is 21.9. The smallest absolute Gasteiger partial charge is 0.0589 e. The van der Waals surface area contributed by atoms with Crippen LogP contribution in [0, 0.1) is 0 Å². The summed E-state index contributed by atoms with van der Waals surface area (Å²) < 4.78 is 5.11. The standard InChI is InChI=1S/C12H24N2O/c1-3-8-14(9-10-15-2)11-12-6-4-5-7-13-12/h3,12-13H,1,4-11H2,2H3. The molecule has 0 spiro atoms. The molecule has 0 aromatic heterocycles. The summed E-state index contributed by atoms with van der Waals surface area (Å²) in [6.45, 7) is 8.86. The van der Waals surface area contributed by atoms with Crippen molar-refractivity contribution in [3.63, 3.8) is 0 Å². The van der Waals surface area contributed by atoms with E-state index in [1.54, 1.807) is 7.11 Å². The number of ether oxygens (including phenoxy) is 1. The van der Waals surface area contributed by atoms with Crippen molar-refractivity contribution in [2.75, 3.05) is 39.9 Å². The van der Waals surface area contributed by atoms with Crippen LogP contribution in [0.1, 0.15) is 19.3 Å². The molecule has 1 unspecified atom stereocenters. The number of nitrogens with zero attached hydrogens (tertiary/aromatic N) is 1. The molecule has 0 amide bonds. The van der Waals surface area contributed by atoms with E-state index in [-0.39, 0.29) is 0 Å². The summed E-state index contributed by atoms with van der Waals surface area (Å²) >= 11 is 0. The summed E-state index contributed by atoms with van der Waals surface area (Å²) in [7, 11) is 1.75. The van der Waals surface area contributed by atoms with Crippen molar-refractivity contribution in [3.8, 4) is 0 Å². The molecule has 1 atom stereocenters. The fourth-order valence-corrected chi connectivity index (χ4v) is 2.05. The zero-order valence-electron chi connectivity index (χ0n) is 9.87. The molecule has 15 heavy (non-hydrogen) atoms. The van der Waals surface area contributed by atoms with Crippen molar-refractivity contribution >= 4 is 0 Å². The van der Waals surface area contributed by atoms with Gasteiger partial charge in [-0.25, -0.2) is 0 Å². The van der Waals surface area contributed by atoms with Crippen molar-refractivity contribution in [1.29, 1.82) is 0 Å². The number of hydrogen-bond acceptors (Lipinski definition) is 3. The summed E-state index contributed by atoms with van der Waals surface area (Å²) in [4.78, 5) is 2.40. The van der Waals surface area contributed by atoms with Crippen molar-refractivity contribution < 1.29 is 4.74 Å². The Balaban J connectivity index is 2.24. The van der Waals surface area contributed by atoms with Crippen LogP contribution in [-0.4, -0.2) is 50.8 Å². The van der Waals surface area contributed by atoms with Gasteiger partial charge < -0.3 is 10.1 Å². The molecule has 1 aliphatic heterocycles. The molecule has 1 fully saturated rings. The van der Waals surface area contributed by atoms with Gasteiger partial charge in [-0.2, -0.15) is 0 Å². The van der Waals surface area contributed by atoms with Gasteiger partial charge in [0.15, 0.2) is 0 Å². The molecule has 0 saturated carbocycles. The van der Waals surface area contributed by atoms with Crippen LogP contribution in [0.25, 0.3) is 0 Å². The van der Waals surface area contributed by atoms with E-state index in [1.807, 2.05) is 6.08 Å². The molecule has 0 aliphatic carbocycles. The fourth-order valence-electron chi connectivity index (χ4n) is 2.05. The summed E-state index contributed by atoms with van der Waals surface area (Å²) in [5.41, 5.74) is 0. The van der Waals surface area contributed by atoms with E-state index in [4.69, 9.17) is 4.74 Å². The molecule has 88 valence electrons. The number of rotatable bonds is 7. The third-order valence-electron chi connectivity index (χ3n) is 2.89. The Kier molecular flexibility index (Phi) is 6.64. The largest absolute Gasteiger partial charge is 0.383 e. The van der Waals surface area contributed by atoms with Crippen LogP contribution in [0.3, 0.4) is 0 Å². The zero-order valence-corrected chi connectivity index (χ0v) is 9.87. The second-order valence-electron chi connectivity index (χ2n) is 4.19. The van der Waals surface area contributed by atoms with Crippen LogP contribution in [0.4, 0.5) is 0 Å². The van der Waals surface area contributed by atoms with Crippen LogP contribution in [0.2, 0.25) is 0 Å². The lowest BCUT2D eigenvalue weighted by molar-refractivity contribution is 0.144. The quantitative estimate of drug-likeness (QED) is 0.643. The van der Waals surface area contributed by atoms with E-state index in [0.29, 0.717) is 6.04 Å². The number of hydrogen-bond donors (Lipinski definition) is 1. The monoisotopic (exact) mass is 212 g/mol. The van der Waals surface area contributed by atoms with Crippen molar-refractivity contribution in [1.82, 2.24) is 10.2 Å². The first-order valence-electron chi connectivity index (χ1n) is 5.92. The van der Waals surface area contributed by atoms with Crippen LogP contribution >= 0.6 is 0 Å². The van der Waals surface area contributed by atoms with Crippen molar-refractivity contribution in [3.05, 3.63) is 12.7 Å². The molecule has 1 rings (SSSR count). The molecule has 0 aromatic rings. The highest BCUT2D eigenvalue weighted by molar-refractivity contribution is 4.80. The first kappa shape index (κ1) is 12.7. The summed E-state index contributed by atoms with van der Waals surface area (Å²) in [5, 5.41) is 3.57. The average Bonchev–Trinajstić information content (AvgIpc) is 2.28. The third kappa shape index (κ3) is 5.30. The predicted octanol–water partition coefficient (Wildman–Crippen LogP) is 1.26. The fraction of sp³-hybridized carbons (Fsp3) is 0.833. The number of methoxy groups -OCH3 is 1. The molecule has 1 saturated heterocycles. The van der Waals surface area contributed by atoms with Crippen LogP contribution in [0.15, 0.2) is 12.7 Å². The predicted molar refractivity (Wildman–Crippen MR) is 64.2 cm³/mol. The zero-order chi connectivity index (χ0) is 10.9. The van der Waals surface area contributed by atoms with E-state index in [2.05, 4.69) is 16.8 Å². The van der Waals surface area contributed by atoms with E-state index in [9.17, 15) is 0 Å². The Bertz CT molecular complexity index is 167. The van der Waals surface area contributed by atoms with Gasteiger partial charge in [0.25, 0.3) is 0 Å². The molecule has 1 heterocycles. The van der Waals surface area contributed by atoms with Gasteiger partial charge in [0.05, 0.1) is 6.61 Å². The maximum atomic E-state index is 5.11. The van der Waals surface area contributed by atoms with Gasteiger partial charge in [0.1, 0.15) is 0 Å². The van der Waals surface area contributed by atoms with E-state index >= 15 is 0 Å². The lowest BCUT2D eigenvalue weighted by Crippen LogP contribution is -2.44. The SMILES string of the molecule is C=CCN(CCOC)CC1CCCCN1. The van der Waals surface area contributed by atoms with Gasteiger partial charge in [-0.1, -0.05) is 12.5 Å². The van der Waals surface area contributed by atoms with E-state index < -0.39 is 0 Å². The van der Waals surface area contributed by atoms with Gasteiger partial charge in [-0.3, -0.25) is 4.90 Å². The third-order valence-corrected chi connectivity index (χ3v) is 2.89. The second-order valence-corrected chi connectivity index (χ2v) is 4.19. The Morgan fingerprint density at radius 1 is 1.53 bits per heavy atom. The minimum Gasteiger partial charge on any atom is -0.383 e. The van der Waals surface area contributed by atoms with Crippen LogP contribution in [0.5, 0.6) is 0 Å². The highest BCUT2D eigenvalue weighted by Crippen LogP contribution is 2.08. The molecular weight excluding hydrogens is 188 g/mol. The first-order valence-corrected chi connectivity index (χ1v) is 5.92. The molecule has 1 N–H and O–H groups in total. The minimum absolute atomic E-state index is 0.663. The first-order chi connectivity index (χ1) is 7.36. The lowest BCUT2D eigenvalue weighted by Gasteiger charge is -2.29. The molecule has 0 radical (unpaired) electrons. The molecule has 3 heteroatoms. The lowest BCUT2D eigenvalue weighted by atomic mass is 10.0. The van der Waals surface area contributed by atoms with Crippen LogP contribution in [-0.2, 0) is 4.74 Å². The van der Waals surface area contributed by atoms with Gasteiger partial charge in [-0.15, -0.1) is 6.58 Å². The number of nitrogens with one attached hydrogen (secondary N) is 1. The Morgan fingerprint density at radius 3 is 3.00 bits per heavy atom.